The summed E-state index contributed by atoms with van der Waals surface area (Å²) in [5.41, 5.74) is 7.05. The van der Waals surface area contributed by atoms with E-state index in [0.717, 1.165) is 18.5 Å². The maximum absolute atomic E-state index is 8.64. The zero-order chi connectivity index (χ0) is 14.4. The van der Waals surface area contributed by atoms with Crippen molar-refractivity contribution in [3.8, 4) is 0 Å². The number of oxime groups is 1. The Hall–Kier alpha value is -1.92. The van der Waals surface area contributed by atoms with Crippen LogP contribution in [0.1, 0.15) is 27.9 Å². The van der Waals surface area contributed by atoms with E-state index in [1.54, 1.807) is 6.20 Å². The van der Waals surface area contributed by atoms with E-state index in [-0.39, 0.29) is 5.84 Å². The first-order valence-electron chi connectivity index (χ1n) is 6.44. The van der Waals surface area contributed by atoms with Gasteiger partial charge in [-0.05, 0) is 36.2 Å². The molecule has 2 heterocycles. The Labute approximate surface area is 122 Å². The molecule has 20 heavy (non-hydrogen) atoms. The van der Waals surface area contributed by atoms with E-state index in [1.165, 1.54) is 9.75 Å². The van der Waals surface area contributed by atoms with Crippen molar-refractivity contribution in [1.82, 2.24) is 10.3 Å². The number of hydrogen-bond acceptors (Lipinski definition) is 5. The SMILES string of the molecule is CCc1ccc(CNCc2ccnc(/C(N)=N/O)c2)s1. The molecule has 5 nitrogen and oxygen atoms in total. The van der Waals surface area contributed by atoms with E-state index in [2.05, 4.69) is 34.5 Å². The fraction of sp³-hybridized carbons (Fsp3) is 0.286. The van der Waals surface area contributed by atoms with Crippen molar-refractivity contribution in [2.45, 2.75) is 26.4 Å². The number of amidine groups is 1. The van der Waals surface area contributed by atoms with Crippen molar-refractivity contribution in [3.63, 3.8) is 0 Å². The van der Waals surface area contributed by atoms with E-state index in [4.69, 9.17) is 10.9 Å². The second kappa shape index (κ2) is 7.02. The molecule has 0 aliphatic carbocycles. The lowest BCUT2D eigenvalue weighted by Gasteiger charge is -2.05. The van der Waals surface area contributed by atoms with Gasteiger partial charge in [0, 0.05) is 29.0 Å². The molecule has 0 saturated carbocycles. The van der Waals surface area contributed by atoms with E-state index >= 15 is 0 Å². The highest BCUT2D eigenvalue weighted by Crippen LogP contribution is 2.16. The van der Waals surface area contributed by atoms with E-state index < -0.39 is 0 Å². The average Bonchev–Trinajstić information content (AvgIpc) is 2.95. The van der Waals surface area contributed by atoms with Crippen LogP contribution in [0.25, 0.3) is 0 Å². The smallest absolute Gasteiger partial charge is 0.188 e. The second-order valence-electron chi connectivity index (χ2n) is 4.36. The number of rotatable bonds is 6. The van der Waals surface area contributed by atoms with E-state index in [9.17, 15) is 0 Å². The Morgan fingerprint density at radius 3 is 2.85 bits per heavy atom. The Kier molecular flexibility index (Phi) is 5.09. The summed E-state index contributed by atoms with van der Waals surface area (Å²) in [5.74, 6) is 0.0256. The third-order valence-electron chi connectivity index (χ3n) is 2.89. The summed E-state index contributed by atoms with van der Waals surface area (Å²) in [5, 5.41) is 15.0. The zero-order valence-corrected chi connectivity index (χ0v) is 12.2. The lowest BCUT2D eigenvalue weighted by Crippen LogP contribution is -2.17. The van der Waals surface area contributed by atoms with Crippen molar-refractivity contribution >= 4 is 17.2 Å². The van der Waals surface area contributed by atoms with Crippen molar-refractivity contribution in [1.29, 1.82) is 0 Å². The molecule has 0 aromatic carbocycles. The molecule has 0 atom stereocenters. The second-order valence-corrected chi connectivity index (χ2v) is 5.61. The van der Waals surface area contributed by atoms with Crippen molar-refractivity contribution in [2.24, 2.45) is 10.9 Å². The largest absolute Gasteiger partial charge is 0.409 e. The molecule has 0 radical (unpaired) electrons. The summed E-state index contributed by atoms with van der Waals surface area (Å²) in [6, 6.07) is 8.05. The summed E-state index contributed by atoms with van der Waals surface area (Å²) in [7, 11) is 0. The lowest BCUT2D eigenvalue weighted by atomic mass is 10.2. The van der Waals surface area contributed by atoms with Crippen molar-refractivity contribution < 1.29 is 5.21 Å². The molecule has 2 aromatic rings. The summed E-state index contributed by atoms with van der Waals surface area (Å²) < 4.78 is 0. The molecule has 4 N–H and O–H groups in total. The minimum absolute atomic E-state index is 0.0256. The molecule has 106 valence electrons. The molecule has 2 aromatic heterocycles. The Balaban J connectivity index is 1.90. The molecule has 0 aliphatic rings. The van der Waals surface area contributed by atoms with Gasteiger partial charge in [0.1, 0.15) is 5.69 Å². The Morgan fingerprint density at radius 2 is 2.15 bits per heavy atom. The highest BCUT2D eigenvalue weighted by molar-refractivity contribution is 7.11. The molecule has 0 bridgehead atoms. The predicted molar refractivity (Wildman–Crippen MR) is 81.0 cm³/mol. The van der Waals surface area contributed by atoms with Crippen LogP contribution >= 0.6 is 11.3 Å². The van der Waals surface area contributed by atoms with Gasteiger partial charge >= 0.3 is 0 Å². The summed E-state index contributed by atoms with van der Waals surface area (Å²) in [4.78, 5) is 6.78. The summed E-state index contributed by atoms with van der Waals surface area (Å²) >= 11 is 1.83. The van der Waals surface area contributed by atoms with Gasteiger partial charge in [0.15, 0.2) is 5.84 Å². The molecular formula is C14H18N4OS. The molecule has 0 spiro atoms. The van der Waals surface area contributed by atoms with Gasteiger partial charge < -0.3 is 16.3 Å². The standard InChI is InChI=1S/C14H18N4OS/c1-2-11-3-4-12(20-11)9-16-8-10-5-6-17-13(7-10)14(15)18-19/h3-7,16,19H,2,8-9H2,1H3,(H2,15,18). The summed E-state index contributed by atoms with van der Waals surface area (Å²) in [6.45, 7) is 3.72. The van der Waals surface area contributed by atoms with Crippen LogP contribution in [0, 0.1) is 0 Å². The fourth-order valence-corrected chi connectivity index (χ4v) is 2.74. The number of nitrogens with zero attached hydrogens (tertiary/aromatic N) is 2. The molecule has 0 aliphatic heterocycles. The topological polar surface area (TPSA) is 83.5 Å². The van der Waals surface area contributed by atoms with Gasteiger partial charge in [-0.2, -0.15) is 0 Å². The number of pyridine rings is 1. The first kappa shape index (κ1) is 14.5. The maximum Gasteiger partial charge on any atom is 0.188 e. The van der Waals surface area contributed by atoms with Gasteiger partial charge in [-0.1, -0.05) is 12.1 Å². The number of hydrogen-bond donors (Lipinski definition) is 3. The average molecular weight is 290 g/mol. The Morgan fingerprint density at radius 1 is 1.35 bits per heavy atom. The highest BCUT2D eigenvalue weighted by atomic mass is 32.1. The molecule has 0 fully saturated rings. The van der Waals surface area contributed by atoms with Gasteiger partial charge in [-0.25, -0.2) is 0 Å². The fourth-order valence-electron chi connectivity index (χ4n) is 1.81. The number of thiophene rings is 1. The predicted octanol–water partition coefficient (Wildman–Crippen LogP) is 2.09. The van der Waals surface area contributed by atoms with E-state index in [1.807, 2.05) is 23.5 Å². The van der Waals surface area contributed by atoms with E-state index in [0.29, 0.717) is 12.2 Å². The van der Waals surface area contributed by atoms with Crippen molar-refractivity contribution in [3.05, 3.63) is 51.5 Å². The number of nitrogens with one attached hydrogen (secondary N) is 1. The molecule has 0 amide bonds. The van der Waals surface area contributed by atoms with Gasteiger partial charge in [0.25, 0.3) is 0 Å². The normalized spacial score (nSPS) is 11.8. The van der Waals surface area contributed by atoms with Crippen LogP contribution in [0.5, 0.6) is 0 Å². The first-order valence-corrected chi connectivity index (χ1v) is 7.25. The van der Waals surface area contributed by atoms with Crippen LogP contribution in [-0.4, -0.2) is 16.0 Å². The minimum atomic E-state index is 0.0256. The molecule has 0 saturated heterocycles. The zero-order valence-electron chi connectivity index (χ0n) is 11.3. The first-order chi connectivity index (χ1) is 9.72. The van der Waals surface area contributed by atoms with Crippen LogP contribution in [0.4, 0.5) is 0 Å². The highest BCUT2D eigenvalue weighted by Gasteiger charge is 2.03. The van der Waals surface area contributed by atoms with Crippen LogP contribution < -0.4 is 11.1 Å². The van der Waals surface area contributed by atoms with Crippen LogP contribution in [-0.2, 0) is 19.5 Å². The molecular weight excluding hydrogens is 272 g/mol. The maximum atomic E-state index is 8.64. The van der Waals surface area contributed by atoms with Crippen molar-refractivity contribution in [2.75, 3.05) is 0 Å². The monoisotopic (exact) mass is 290 g/mol. The van der Waals surface area contributed by atoms with Gasteiger partial charge in [-0.3, -0.25) is 4.98 Å². The number of aryl methyl sites for hydroxylation is 1. The third kappa shape index (κ3) is 3.79. The minimum Gasteiger partial charge on any atom is -0.409 e. The molecule has 2 rings (SSSR count). The quantitative estimate of drug-likeness (QED) is 0.329. The molecule has 6 heteroatoms. The Bertz CT molecular complexity index is 594. The lowest BCUT2D eigenvalue weighted by molar-refractivity contribution is 0.318. The number of nitrogens with two attached hydrogens (primary N) is 1. The third-order valence-corrected chi connectivity index (χ3v) is 4.12. The van der Waals surface area contributed by atoms with Gasteiger partial charge in [-0.15, -0.1) is 11.3 Å². The van der Waals surface area contributed by atoms with Crippen LogP contribution in [0.15, 0.2) is 35.6 Å². The van der Waals surface area contributed by atoms with Crippen LogP contribution in [0.2, 0.25) is 0 Å². The summed E-state index contributed by atoms with van der Waals surface area (Å²) in [6.07, 6.45) is 2.74. The number of aromatic nitrogens is 1. The van der Waals surface area contributed by atoms with Gasteiger partial charge in [0.05, 0.1) is 0 Å². The van der Waals surface area contributed by atoms with Gasteiger partial charge in [0.2, 0.25) is 0 Å². The van der Waals surface area contributed by atoms with Crippen LogP contribution in [0.3, 0.4) is 0 Å². The molecule has 0 unspecified atom stereocenters.